The molecule has 0 radical (unpaired) electrons. The maximum Gasteiger partial charge on any atom is 0.228 e. The molecule has 2 aliphatic heterocycles. The molecule has 2 aromatic rings. The van der Waals surface area contributed by atoms with Gasteiger partial charge in [0, 0.05) is 29.4 Å². The van der Waals surface area contributed by atoms with Crippen LogP contribution in [0.2, 0.25) is 0 Å². The van der Waals surface area contributed by atoms with E-state index in [4.69, 9.17) is 19.9 Å². The second-order valence-electron chi connectivity index (χ2n) is 10.5. The second kappa shape index (κ2) is 12.6. The van der Waals surface area contributed by atoms with Crippen LogP contribution in [0.3, 0.4) is 0 Å². The van der Waals surface area contributed by atoms with Gasteiger partial charge in [-0.05, 0) is 58.7 Å². The van der Waals surface area contributed by atoms with Crippen molar-refractivity contribution in [1.82, 2.24) is 19.9 Å². The molecule has 38 heavy (non-hydrogen) atoms. The first-order chi connectivity index (χ1) is 18.4. The summed E-state index contributed by atoms with van der Waals surface area (Å²) in [6, 6.07) is 2.31. The molecule has 0 unspecified atom stereocenters. The van der Waals surface area contributed by atoms with Gasteiger partial charge >= 0.3 is 0 Å². The summed E-state index contributed by atoms with van der Waals surface area (Å²) >= 11 is 0. The number of allylic oxidation sites excluding steroid dienone is 1. The van der Waals surface area contributed by atoms with E-state index in [2.05, 4.69) is 26.9 Å². The van der Waals surface area contributed by atoms with Crippen LogP contribution < -0.4 is 10.5 Å². The third kappa shape index (κ3) is 5.75. The van der Waals surface area contributed by atoms with Crippen LogP contribution >= 0.6 is 0 Å². The number of nitrogens with zero attached hydrogens (tertiary/aromatic N) is 3. The number of carbonyl (C=O) groups is 1. The molecule has 1 spiro atoms. The zero-order valence-corrected chi connectivity index (χ0v) is 23.8. The molecule has 2 atom stereocenters. The van der Waals surface area contributed by atoms with Gasteiger partial charge in [0.2, 0.25) is 17.5 Å². The zero-order valence-electron chi connectivity index (χ0n) is 23.8. The van der Waals surface area contributed by atoms with Gasteiger partial charge in [-0.3, -0.25) is 4.79 Å². The molecule has 210 valence electrons. The Morgan fingerprint density at radius 1 is 1.21 bits per heavy atom. The number of fused-ring (bicyclic) bond motifs is 1. The third-order valence-corrected chi connectivity index (χ3v) is 7.95. The van der Waals surface area contributed by atoms with E-state index >= 15 is 0 Å². The Hall–Kier alpha value is -2.49. The molecule has 1 saturated carbocycles. The van der Waals surface area contributed by atoms with Gasteiger partial charge in [0.25, 0.3) is 0 Å². The number of Topliss-reactive ketones (excluding diaryl/α,β-unsaturated/α-hetero) is 1. The number of aryl methyl sites for hydroxylation is 1. The molecular weight excluding hydrogens is 482 g/mol. The molecule has 0 aromatic carbocycles. The van der Waals surface area contributed by atoms with E-state index in [1.807, 2.05) is 33.8 Å². The molecular formula is C29H45N5O4. The van der Waals surface area contributed by atoms with E-state index in [1.54, 1.807) is 0 Å². The number of hydrogen-bond donors (Lipinski definition) is 2. The van der Waals surface area contributed by atoms with E-state index < -0.39 is 5.79 Å². The Morgan fingerprint density at radius 3 is 2.66 bits per heavy atom. The third-order valence-electron chi connectivity index (χ3n) is 7.95. The van der Waals surface area contributed by atoms with E-state index in [9.17, 15) is 4.79 Å². The van der Waals surface area contributed by atoms with Crippen LogP contribution in [-0.2, 0) is 9.47 Å². The Labute approximate surface area is 226 Å². The van der Waals surface area contributed by atoms with Crippen LogP contribution in [0.25, 0.3) is 11.0 Å². The Balaban J connectivity index is 0.00000164. The molecule has 4 heterocycles. The molecule has 3 N–H and O–H groups in total. The highest BCUT2D eigenvalue weighted by atomic mass is 16.7. The number of carbonyl (C=O) groups excluding carboxylic acids is 1. The Bertz CT molecular complexity index is 1140. The van der Waals surface area contributed by atoms with Crippen LogP contribution in [0, 0.1) is 12.8 Å². The van der Waals surface area contributed by atoms with Crippen molar-refractivity contribution in [3.8, 4) is 5.88 Å². The topological polar surface area (TPSA) is 116 Å². The molecule has 1 aliphatic carbocycles. The number of H-pyrrole nitrogens is 1. The van der Waals surface area contributed by atoms with Gasteiger partial charge in [0.05, 0.1) is 24.5 Å². The minimum Gasteiger partial charge on any atom is -0.475 e. The van der Waals surface area contributed by atoms with Crippen LogP contribution in [0.15, 0.2) is 17.3 Å². The maximum absolute atomic E-state index is 13.9. The standard InChI is InChI=1S/C27H39N5O4.C2H6/c1-4-8-19(22(28)21-10-5-6-11-27(21)35-13-14-36-27)23(33)25-30-24-20(15-17(2)29-24)26(31-25)34-16-18-9-7-12-32(18)3;1-2/h15,18,21H,4-14,16,28H2,1-3H3,(H,29,30,31);1-2H3/b22-19-;/t18-,21+;/m0./s1. The number of nitrogens with two attached hydrogens (primary N) is 1. The molecule has 5 rings (SSSR count). The quantitative estimate of drug-likeness (QED) is 0.368. The fraction of sp³-hybridized carbons (Fsp3) is 0.690. The van der Waals surface area contributed by atoms with Crippen molar-refractivity contribution in [2.24, 2.45) is 11.7 Å². The smallest absolute Gasteiger partial charge is 0.228 e. The fourth-order valence-corrected chi connectivity index (χ4v) is 6.00. The monoisotopic (exact) mass is 527 g/mol. The molecule has 0 amide bonds. The lowest BCUT2D eigenvalue weighted by molar-refractivity contribution is -0.203. The summed E-state index contributed by atoms with van der Waals surface area (Å²) in [5, 5.41) is 0.790. The van der Waals surface area contributed by atoms with E-state index in [0.29, 0.717) is 55.1 Å². The molecule has 3 aliphatic rings. The molecule has 9 heteroatoms. The number of ether oxygens (including phenoxy) is 3. The van der Waals surface area contributed by atoms with Crippen LogP contribution in [0.4, 0.5) is 0 Å². The summed E-state index contributed by atoms with van der Waals surface area (Å²) in [6.07, 6.45) is 7.28. The summed E-state index contributed by atoms with van der Waals surface area (Å²) in [7, 11) is 2.12. The summed E-state index contributed by atoms with van der Waals surface area (Å²) < 4.78 is 18.4. The lowest BCUT2D eigenvalue weighted by Gasteiger charge is -2.40. The summed E-state index contributed by atoms with van der Waals surface area (Å²) in [6.45, 7) is 10.7. The minimum absolute atomic E-state index is 0.114. The Kier molecular flexibility index (Phi) is 9.44. The van der Waals surface area contributed by atoms with Crippen molar-refractivity contribution in [3.63, 3.8) is 0 Å². The highest BCUT2D eigenvalue weighted by Gasteiger charge is 2.48. The average molecular weight is 528 g/mol. The number of nitrogens with one attached hydrogen (secondary N) is 1. The predicted octanol–water partition coefficient (Wildman–Crippen LogP) is 4.89. The van der Waals surface area contributed by atoms with Gasteiger partial charge in [0.1, 0.15) is 12.3 Å². The first-order valence-electron chi connectivity index (χ1n) is 14.4. The van der Waals surface area contributed by atoms with Gasteiger partial charge in [-0.25, -0.2) is 4.98 Å². The number of rotatable bonds is 8. The first kappa shape index (κ1) is 28.5. The summed E-state index contributed by atoms with van der Waals surface area (Å²) in [5.41, 5.74) is 9.45. The van der Waals surface area contributed by atoms with Crippen LogP contribution in [0.5, 0.6) is 5.88 Å². The van der Waals surface area contributed by atoms with Gasteiger partial charge < -0.3 is 29.8 Å². The largest absolute Gasteiger partial charge is 0.475 e. The predicted molar refractivity (Wildman–Crippen MR) is 148 cm³/mol. The van der Waals surface area contributed by atoms with Gasteiger partial charge in [-0.1, -0.05) is 33.6 Å². The minimum atomic E-state index is -0.718. The molecule has 2 saturated heterocycles. The van der Waals surface area contributed by atoms with E-state index in [0.717, 1.165) is 62.6 Å². The van der Waals surface area contributed by atoms with Crippen molar-refractivity contribution >= 4 is 16.8 Å². The van der Waals surface area contributed by atoms with Crippen LogP contribution in [-0.4, -0.2) is 70.9 Å². The number of aromatic amines is 1. The molecule has 9 nitrogen and oxygen atoms in total. The fourth-order valence-electron chi connectivity index (χ4n) is 6.00. The highest BCUT2D eigenvalue weighted by molar-refractivity contribution is 6.07. The van der Waals surface area contributed by atoms with Crippen molar-refractivity contribution in [2.45, 2.75) is 90.9 Å². The maximum atomic E-state index is 13.9. The number of likely N-dealkylation sites (tertiary alicyclic amines) is 1. The summed E-state index contributed by atoms with van der Waals surface area (Å²) in [4.78, 5) is 28.7. The van der Waals surface area contributed by atoms with Crippen LogP contribution in [0.1, 0.15) is 88.5 Å². The average Bonchev–Trinajstić information content (AvgIpc) is 3.66. The number of ketones is 1. The van der Waals surface area contributed by atoms with E-state index in [-0.39, 0.29) is 17.5 Å². The van der Waals surface area contributed by atoms with Gasteiger partial charge in [-0.2, -0.15) is 4.98 Å². The molecule has 3 fully saturated rings. The van der Waals surface area contributed by atoms with Crippen molar-refractivity contribution in [1.29, 1.82) is 0 Å². The van der Waals surface area contributed by atoms with E-state index in [1.165, 1.54) is 0 Å². The normalized spacial score (nSPS) is 23.8. The SMILES string of the molecule is CC.CCC/C(C(=O)c1nc(OC[C@@H]2CCCN2C)c2cc(C)[nH]c2n1)=C(/N)[C@H]1CCCCC12OCCO2. The number of likely N-dealkylation sites (N-methyl/N-ethyl adjacent to an activating group) is 1. The van der Waals surface area contributed by atoms with Crippen molar-refractivity contribution in [3.05, 3.63) is 28.9 Å². The highest BCUT2D eigenvalue weighted by Crippen LogP contribution is 2.44. The zero-order chi connectivity index (χ0) is 27.3. The number of hydrogen-bond acceptors (Lipinski definition) is 8. The molecule has 2 aromatic heterocycles. The first-order valence-corrected chi connectivity index (χ1v) is 14.4. The van der Waals surface area contributed by atoms with Crippen molar-refractivity contribution in [2.75, 3.05) is 33.4 Å². The second-order valence-corrected chi connectivity index (χ2v) is 10.5. The number of aromatic nitrogens is 3. The molecule has 0 bridgehead atoms. The summed E-state index contributed by atoms with van der Waals surface area (Å²) in [5.74, 6) is -0.554. The van der Waals surface area contributed by atoms with Gasteiger partial charge in [0.15, 0.2) is 5.79 Å². The lowest BCUT2D eigenvalue weighted by Crippen LogP contribution is -2.45. The lowest BCUT2D eigenvalue weighted by atomic mass is 9.79. The Morgan fingerprint density at radius 2 is 1.97 bits per heavy atom. The van der Waals surface area contributed by atoms with Gasteiger partial charge in [-0.15, -0.1) is 0 Å². The van der Waals surface area contributed by atoms with Crippen molar-refractivity contribution < 1.29 is 19.0 Å².